The first kappa shape index (κ1) is 14.9. The van der Waals surface area contributed by atoms with E-state index in [1.165, 1.54) is 0 Å². The van der Waals surface area contributed by atoms with Crippen LogP contribution < -0.4 is 5.32 Å². The molecule has 1 aromatic rings. The van der Waals surface area contributed by atoms with Gasteiger partial charge < -0.3 is 10.4 Å². The molecule has 0 bridgehead atoms. The van der Waals surface area contributed by atoms with Gasteiger partial charge in [0.2, 0.25) is 0 Å². The number of aryl methyl sites for hydroxylation is 2. The molecule has 110 valence electrons. The van der Waals surface area contributed by atoms with Crippen LogP contribution >= 0.6 is 0 Å². The third-order valence-electron chi connectivity index (χ3n) is 4.03. The Morgan fingerprint density at radius 3 is 2.85 bits per heavy atom. The monoisotopic (exact) mass is 277 g/mol. The summed E-state index contributed by atoms with van der Waals surface area (Å²) in [5.74, 6) is 0.0823. The van der Waals surface area contributed by atoms with Gasteiger partial charge in [0, 0.05) is 18.6 Å². The first-order chi connectivity index (χ1) is 9.65. The summed E-state index contributed by atoms with van der Waals surface area (Å²) >= 11 is 0. The summed E-state index contributed by atoms with van der Waals surface area (Å²) in [6.07, 6.45) is 4.85. The van der Waals surface area contributed by atoms with E-state index < -0.39 is 0 Å². The molecule has 1 amide bonds. The quantitative estimate of drug-likeness (QED) is 0.877. The summed E-state index contributed by atoms with van der Waals surface area (Å²) in [6, 6.07) is 1.86. The maximum atomic E-state index is 12.4. The summed E-state index contributed by atoms with van der Waals surface area (Å²) < 4.78 is 0. The number of aliphatic hydroxyl groups excluding tert-OH is 1. The second-order valence-corrected chi connectivity index (χ2v) is 5.51. The van der Waals surface area contributed by atoms with Crippen molar-refractivity contribution in [3.63, 3.8) is 0 Å². The van der Waals surface area contributed by atoms with Crippen LogP contribution in [0.1, 0.15) is 54.4 Å². The third kappa shape index (κ3) is 3.33. The number of hydrogen-bond acceptors (Lipinski definition) is 4. The number of nitrogens with one attached hydrogen (secondary N) is 1. The van der Waals surface area contributed by atoms with Crippen LogP contribution in [0.3, 0.4) is 0 Å². The number of carbonyl (C=O) groups is 1. The van der Waals surface area contributed by atoms with Gasteiger partial charge in [-0.05, 0) is 32.3 Å². The Hall–Kier alpha value is -1.49. The molecule has 0 aliphatic heterocycles. The predicted octanol–water partition coefficient (Wildman–Crippen LogP) is 1.63. The van der Waals surface area contributed by atoms with E-state index in [1.54, 1.807) is 6.07 Å². The topological polar surface area (TPSA) is 75.1 Å². The van der Waals surface area contributed by atoms with Gasteiger partial charge >= 0.3 is 0 Å². The molecule has 1 aliphatic carbocycles. The number of rotatable bonds is 4. The highest BCUT2D eigenvalue weighted by Crippen LogP contribution is 2.24. The van der Waals surface area contributed by atoms with Crippen molar-refractivity contribution in [3.8, 4) is 0 Å². The number of carbonyl (C=O) groups excluding carboxylic acids is 1. The molecular formula is C15H23N3O2. The van der Waals surface area contributed by atoms with E-state index >= 15 is 0 Å². The Balaban J connectivity index is 2.13. The summed E-state index contributed by atoms with van der Waals surface area (Å²) in [5, 5.41) is 20.6. The standard InChI is InChI=1S/C15H23N3O2/c1-3-13-12(8-10(2)17-18-13)15(20)16-14-7-5-4-6-11(14)9-19/h8,11,14,19H,3-7,9H2,1-2H3,(H,16,20). The van der Waals surface area contributed by atoms with E-state index in [0.717, 1.165) is 37.1 Å². The lowest BCUT2D eigenvalue weighted by Crippen LogP contribution is -2.43. The molecule has 20 heavy (non-hydrogen) atoms. The van der Waals surface area contributed by atoms with Gasteiger partial charge in [0.25, 0.3) is 5.91 Å². The lowest BCUT2D eigenvalue weighted by atomic mass is 9.85. The van der Waals surface area contributed by atoms with E-state index in [9.17, 15) is 9.90 Å². The van der Waals surface area contributed by atoms with Crippen LogP contribution in [0.15, 0.2) is 6.07 Å². The average molecular weight is 277 g/mol. The Morgan fingerprint density at radius 2 is 2.15 bits per heavy atom. The molecule has 2 atom stereocenters. The minimum absolute atomic E-state index is 0.0689. The molecule has 5 nitrogen and oxygen atoms in total. The fourth-order valence-corrected chi connectivity index (χ4v) is 2.83. The normalized spacial score (nSPS) is 22.6. The maximum absolute atomic E-state index is 12.4. The fraction of sp³-hybridized carbons (Fsp3) is 0.667. The van der Waals surface area contributed by atoms with Crippen LogP contribution in [0.25, 0.3) is 0 Å². The van der Waals surface area contributed by atoms with Crippen molar-refractivity contribution in [2.45, 2.75) is 52.0 Å². The zero-order valence-corrected chi connectivity index (χ0v) is 12.2. The minimum Gasteiger partial charge on any atom is -0.396 e. The van der Waals surface area contributed by atoms with E-state index in [1.807, 2.05) is 13.8 Å². The molecule has 0 spiro atoms. The van der Waals surface area contributed by atoms with Gasteiger partial charge in [-0.3, -0.25) is 4.79 Å². The molecule has 1 heterocycles. The van der Waals surface area contributed by atoms with Crippen molar-refractivity contribution in [2.24, 2.45) is 5.92 Å². The predicted molar refractivity (Wildman–Crippen MR) is 76.4 cm³/mol. The summed E-state index contributed by atoms with van der Waals surface area (Å²) in [6.45, 7) is 3.94. The van der Waals surface area contributed by atoms with Gasteiger partial charge in [-0.2, -0.15) is 10.2 Å². The van der Waals surface area contributed by atoms with Gasteiger partial charge in [0.1, 0.15) is 0 Å². The lowest BCUT2D eigenvalue weighted by Gasteiger charge is -2.31. The van der Waals surface area contributed by atoms with Crippen LogP contribution in [0.5, 0.6) is 0 Å². The molecule has 5 heteroatoms. The highest BCUT2D eigenvalue weighted by molar-refractivity contribution is 5.95. The van der Waals surface area contributed by atoms with Crippen molar-refractivity contribution in [1.82, 2.24) is 15.5 Å². The van der Waals surface area contributed by atoms with Crippen molar-refractivity contribution >= 4 is 5.91 Å². The van der Waals surface area contributed by atoms with Gasteiger partial charge in [-0.25, -0.2) is 0 Å². The molecule has 0 radical (unpaired) electrons. The molecule has 0 aromatic carbocycles. The fourth-order valence-electron chi connectivity index (χ4n) is 2.83. The Kier molecular flexibility index (Phi) is 5.06. The van der Waals surface area contributed by atoms with Gasteiger partial charge in [-0.1, -0.05) is 19.8 Å². The van der Waals surface area contributed by atoms with Crippen molar-refractivity contribution in [3.05, 3.63) is 23.0 Å². The molecule has 2 unspecified atom stereocenters. The first-order valence-electron chi connectivity index (χ1n) is 7.40. The van der Waals surface area contributed by atoms with Crippen molar-refractivity contribution in [1.29, 1.82) is 0 Å². The molecule has 1 aromatic heterocycles. The number of aliphatic hydroxyl groups is 1. The summed E-state index contributed by atoms with van der Waals surface area (Å²) in [7, 11) is 0. The molecule has 0 saturated heterocycles. The lowest BCUT2D eigenvalue weighted by molar-refractivity contribution is 0.0871. The zero-order chi connectivity index (χ0) is 14.5. The Morgan fingerprint density at radius 1 is 1.40 bits per heavy atom. The molecular weight excluding hydrogens is 254 g/mol. The molecule has 1 aliphatic rings. The van der Waals surface area contributed by atoms with E-state index in [4.69, 9.17) is 0 Å². The summed E-state index contributed by atoms with van der Waals surface area (Å²) in [5.41, 5.74) is 2.08. The number of nitrogens with zero attached hydrogens (tertiary/aromatic N) is 2. The van der Waals surface area contributed by atoms with Gasteiger partial charge in [0.15, 0.2) is 0 Å². The largest absolute Gasteiger partial charge is 0.396 e. The van der Waals surface area contributed by atoms with Crippen LogP contribution in [0.2, 0.25) is 0 Å². The highest BCUT2D eigenvalue weighted by atomic mass is 16.3. The smallest absolute Gasteiger partial charge is 0.253 e. The van der Waals surface area contributed by atoms with Gasteiger partial charge in [0.05, 0.1) is 17.0 Å². The second-order valence-electron chi connectivity index (χ2n) is 5.51. The van der Waals surface area contributed by atoms with Crippen LogP contribution in [0.4, 0.5) is 0 Å². The number of aromatic nitrogens is 2. The number of hydrogen-bond donors (Lipinski definition) is 2. The average Bonchev–Trinajstić information content (AvgIpc) is 2.47. The SMILES string of the molecule is CCc1nnc(C)cc1C(=O)NC1CCCCC1CO. The Bertz CT molecular complexity index is 476. The number of amides is 1. The molecule has 2 N–H and O–H groups in total. The van der Waals surface area contributed by atoms with Crippen LogP contribution in [-0.2, 0) is 6.42 Å². The molecule has 2 rings (SSSR count). The van der Waals surface area contributed by atoms with Crippen LogP contribution in [-0.4, -0.2) is 33.9 Å². The van der Waals surface area contributed by atoms with E-state index in [0.29, 0.717) is 12.0 Å². The molecule has 1 fully saturated rings. The van der Waals surface area contributed by atoms with Crippen molar-refractivity contribution in [2.75, 3.05) is 6.61 Å². The van der Waals surface area contributed by atoms with E-state index in [-0.39, 0.29) is 24.5 Å². The van der Waals surface area contributed by atoms with Gasteiger partial charge in [-0.15, -0.1) is 0 Å². The maximum Gasteiger partial charge on any atom is 0.253 e. The minimum atomic E-state index is -0.0924. The second kappa shape index (κ2) is 6.79. The Labute approximate surface area is 119 Å². The summed E-state index contributed by atoms with van der Waals surface area (Å²) in [4.78, 5) is 12.4. The zero-order valence-electron chi connectivity index (χ0n) is 12.2. The first-order valence-corrected chi connectivity index (χ1v) is 7.40. The third-order valence-corrected chi connectivity index (χ3v) is 4.03. The highest BCUT2D eigenvalue weighted by Gasteiger charge is 2.26. The van der Waals surface area contributed by atoms with E-state index in [2.05, 4.69) is 15.5 Å². The molecule has 1 saturated carbocycles. The van der Waals surface area contributed by atoms with Crippen molar-refractivity contribution < 1.29 is 9.90 Å². The van der Waals surface area contributed by atoms with Crippen LogP contribution in [0, 0.1) is 12.8 Å².